The van der Waals surface area contributed by atoms with Gasteiger partial charge in [0.2, 0.25) is 0 Å². The Hall–Kier alpha value is -1.33. The van der Waals surface area contributed by atoms with E-state index in [-0.39, 0.29) is 0 Å². The SMILES string of the molecule is CCn1nccc1C(O)c1ccc(Br)cc1OC. The Morgan fingerprint density at radius 2 is 2.22 bits per heavy atom. The van der Waals surface area contributed by atoms with E-state index in [0.717, 1.165) is 22.3 Å². The number of benzene rings is 1. The summed E-state index contributed by atoms with van der Waals surface area (Å²) >= 11 is 3.38. The highest BCUT2D eigenvalue weighted by Crippen LogP contribution is 2.32. The van der Waals surface area contributed by atoms with E-state index < -0.39 is 6.10 Å². The largest absolute Gasteiger partial charge is 0.496 e. The maximum atomic E-state index is 10.4. The van der Waals surface area contributed by atoms with Crippen molar-refractivity contribution < 1.29 is 9.84 Å². The highest BCUT2D eigenvalue weighted by atomic mass is 79.9. The second-order valence-corrected chi connectivity index (χ2v) is 4.78. The first kappa shape index (κ1) is 13.1. The second kappa shape index (κ2) is 5.54. The van der Waals surface area contributed by atoms with Crippen molar-refractivity contribution in [3.63, 3.8) is 0 Å². The van der Waals surface area contributed by atoms with Gasteiger partial charge in [-0.15, -0.1) is 0 Å². The van der Waals surface area contributed by atoms with Gasteiger partial charge in [-0.2, -0.15) is 5.10 Å². The molecule has 2 rings (SSSR count). The number of aliphatic hydroxyl groups is 1. The molecule has 1 atom stereocenters. The van der Waals surface area contributed by atoms with Gasteiger partial charge < -0.3 is 9.84 Å². The molecule has 0 bridgehead atoms. The van der Waals surface area contributed by atoms with Crippen LogP contribution in [0.4, 0.5) is 0 Å². The van der Waals surface area contributed by atoms with Crippen molar-refractivity contribution in [3.05, 3.63) is 46.2 Å². The number of hydrogen-bond donors (Lipinski definition) is 1. The number of aryl methyl sites for hydroxylation is 1. The van der Waals surface area contributed by atoms with Crippen molar-refractivity contribution >= 4 is 15.9 Å². The molecular formula is C13H15BrN2O2. The Labute approximate surface area is 114 Å². The molecular weight excluding hydrogens is 296 g/mol. The summed E-state index contributed by atoms with van der Waals surface area (Å²) in [6, 6.07) is 7.38. The van der Waals surface area contributed by atoms with E-state index in [1.54, 1.807) is 18.0 Å². The van der Waals surface area contributed by atoms with E-state index in [1.165, 1.54) is 0 Å². The fraction of sp³-hybridized carbons (Fsp3) is 0.308. The van der Waals surface area contributed by atoms with Gasteiger partial charge in [0.1, 0.15) is 11.9 Å². The van der Waals surface area contributed by atoms with Gasteiger partial charge in [0.25, 0.3) is 0 Å². The first-order chi connectivity index (χ1) is 8.67. The summed E-state index contributed by atoms with van der Waals surface area (Å²) in [5.74, 6) is 0.653. The number of ether oxygens (including phenoxy) is 1. The van der Waals surface area contributed by atoms with Gasteiger partial charge in [0.05, 0.1) is 12.8 Å². The van der Waals surface area contributed by atoms with Crippen LogP contribution in [0.25, 0.3) is 0 Å². The Balaban J connectivity index is 2.42. The molecule has 2 aromatic rings. The first-order valence-electron chi connectivity index (χ1n) is 5.70. The lowest BCUT2D eigenvalue weighted by Crippen LogP contribution is -2.10. The molecule has 0 saturated heterocycles. The minimum Gasteiger partial charge on any atom is -0.496 e. The van der Waals surface area contributed by atoms with Crippen molar-refractivity contribution in [2.75, 3.05) is 7.11 Å². The quantitative estimate of drug-likeness (QED) is 0.944. The highest BCUT2D eigenvalue weighted by Gasteiger charge is 2.18. The summed E-state index contributed by atoms with van der Waals surface area (Å²) in [7, 11) is 1.59. The molecule has 0 fully saturated rings. The molecule has 0 aliphatic carbocycles. The fourth-order valence-electron chi connectivity index (χ4n) is 1.91. The van der Waals surface area contributed by atoms with E-state index >= 15 is 0 Å². The number of nitrogens with zero attached hydrogens (tertiary/aromatic N) is 2. The monoisotopic (exact) mass is 310 g/mol. The lowest BCUT2D eigenvalue weighted by molar-refractivity contribution is 0.203. The minimum atomic E-state index is -0.740. The Kier molecular flexibility index (Phi) is 4.04. The number of aliphatic hydroxyl groups excluding tert-OH is 1. The van der Waals surface area contributed by atoms with Gasteiger partial charge in [-0.25, -0.2) is 0 Å². The molecule has 0 spiro atoms. The van der Waals surface area contributed by atoms with Crippen LogP contribution >= 0.6 is 15.9 Å². The molecule has 1 aromatic carbocycles. The third-order valence-electron chi connectivity index (χ3n) is 2.82. The van der Waals surface area contributed by atoms with Crippen molar-refractivity contribution in [2.45, 2.75) is 19.6 Å². The second-order valence-electron chi connectivity index (χ2n) is 3.86. The third-order valence-corrected chi connectivity index (χ3v) is 3.31. The maximum absolute atomic E-state index is 10.4. The van der Waals surface area contributed by atoms with E-state index in [2.05, 4.69) is 21.0 Å². The number of halogens is 1. The maximum Gasteiger partial charge on any atom is 0.126 e. The summed E-state index contributed by atoms with van der Waals surface area (Å²) < 4.78 is 7.99. The Morgan fingerprint density at radius 3 is 2.89 bits per heavy atom. The normalized spacial score (nSPS) is 12.4. The van der Waals surface area contributed by atoms with Gasteiger partial charge in [-0.1, -0.05) is 22.0 Å². The van der Waals surface area contributed by atoms with Crippen LogP contribution in [-0.4, -0.2) is 22.0 Å². The van der Waals surface area contributed by atoms with Gasteiger partial charge >= 0.3 is 0 Å². The van der Waals surface area contributed by atoms with E-state index in [4.69, 9.17) is 4.74 Å². The highest BCUT2D eigenvalue weighted by molar-refractivity contribution is 9.10. The van der Waals surface area contributed by atoms with Crippen LogP contribution < -0.4 is 4.74 Å². The molecule has 1 heterocycles. The van der Waals surface area contributed by atoms with Crippen LogP contribution in [0.1, 0.15) is 24.3 Å². The standard InChI is InChI=1S/C13H15BrN2O2/c1-3-16-11(6-7-15-16)13(17)10-5-4-9(14)8-12(10)18-2/h4-8,13,17H,3H2,1-2H3. The zero-order valence-electron chi connectivity index (χ0n) is 10.3. The zero-order valence-corrected chi connectivity index (χ0v) is 11.9. The molecule has 0 saturated carbocycles. The molecule has 0 radical (unpaired) electrons. The Morgan fingerprint density at radius 1 is 1.44 bits per heavy atom. The zero-order chi connectivity index (χ0) is 13.1. The minimum absolute atomic E-state index is 0.653. The van der Waals surface area contributed by atoms with Gasteiger partial charge in [-0.05, 0) is 25.1 Å². The summed E-state index contributed by atoms with van der Waals surface area (Å²) in [5, 5.41) is 14.6. The van der Waals surface area contributed by atoms with E-state index in [0.29, 0.717) is 5.75 Å². The van der Waals surface area contributed by atoms with Gasteiger partial charge in [-0.3, -0.25) is 4.68 Å². The number of rotatable bonds is 4. The molecule has 0 aliphatic heterocycles. The van der Waals surface area contributed by atoms with Crippen LogP contribution in [0.2, 0.25) is 0 Å². The topological polar surface area (TPSA) is 47.3 Å². The summed E-state index contributed by atoms with van der Waals surface area (Å²) in [4.78, 5) is 0. The van der Waals surface area contributed by atoms with Crippen LogP contribution in [0, 0.1) is 0 Å². The molecule has 4 nitrogen and oxygen atoms in total. The summed E-state index contributed by atoms with van der Waals surface area (Å²) in [5.41, 5.74) is 1.49. The van der Waals surface area contributed by atoms with E-state index in [9.17, 15) is 5.11 Å². The van der Waals surface area contributed by atoms with Crippen LogP contribution in [0.5, 0.6) is 5.75 Å². The molecule has 5 heteroatoms. The fourth-order valence-corrected chi connectivity index (χ4v) is 2.25. The molecule has 1 unspecified atom stereocenters. The molecule has 1 N–H and O–H groups in total. The molecule has 0 aliphatic rings. The molecule has 18 heavy (non-hydrogen) atoms. The molecule has 0 amide bonds. The summed E-state index contributed by atoms with van der Waals surface area (Å²) in [6.07, 6.45) is 0.948. The number of methoxy groups -OCH3 is 1. The van der Waals surface area contributed by atoms with Crippen LogP contribution in [0.3, 0.4) is 0 Å². The predicted octanol–water partition coefficient (Wildman–Crippen LogP) is 2.76. The lowest BCUT2D eigenvalue weighted by atomic mass is 10.1. The van der Waals surface area contributed by atoms with Gasteiger partial charge in [0.15, 0.2) is 0 Å². The average molecular weight is 311 g/mol. The smallest absolute Gasteiger partial charge is 0.126 e. The van der Waals surface area contributed by atoms with E-state index in [1.807, 2.05) is 31.2 Å². The number of hydrogen-bond acceptors (Lipinski definition) is 3. The van der Waals surface area contributed by atoms with Crippen molar-refractivity contribution in [3.8, 4) is 5.75 Å². The molecule has 96 valence electrons. The van der Waals surface area contributed by atoms with Crippen molar-refractivity contribution in [2.24, 2.45) is 0 Å². The van der Waals surface area contributed by atoms with Crippen molar-refractivity contribution in [1.82, 2.24) is 9.78 Å². The van der Waals surface area contributed by atoms with Gasteiger partial charge in [0, 0.05) is 22.8 Å². The van der Waals surface area contributed by atoms with Crippen molar-refractivity contribution in [1.29, 1.82) is 0 Å². The predicted molar refractivity (Wildman–Crippen MR) is 72.7 cm³/mol. The average Bonchev–Trinajstić information content (AvgIpc) is 2.86. The van der Waals surface area contributed by atoms with Crippen LogP contribution in [0.15, 0.2) is 34.9 Å². The number of aromatic nitrogens is 2. The van der Waals surface area contributed by atoms with Crippen LogP contribution in [-0.2, 0) is 6.54 Å². The third kappa shape index (κ3) is 2.42. The lowest BCUT2D eigenvalue weighted by Gasteiger charge is -2.16. The Bertz CT molecular complexity index is 540. The first-order valence-corrected chi connectivity index (χ1v) is 6.50. The summed E-state index contributed by atoms with van der Waals surface area (Å²) in [6.45, 7) is 2.71. The molecule has 1 aromatic heterocycles.